The number of rotatable bonds is 7. The summed E-state index contributed by atoms with van der Waals surface area (Å²) < 4.78 is 2.54. The first-order valence-corrected chi connectivity index (χ1v) is 22.6. The first kappa shape index (κ1) is 39.4. The van der Waals surface area contributed by atoms with Crippen molar-refractivity contribution in [3.8, 4) is 33.4 Å². The average molecular weight is 818 g/mol. The first-order chi connectivity index (χ1) is 30.1. The van der Waals surface area contributed by atoms with Crippen LogP contribution in [0, 0.1) is 0 Å². The monoisotopic (exact) mass is 817 g/mol. The Balaban J connectivity index is 1.34. The predicted molar refractivity (Wildman–Crippen MR) is 271 cm³/mol. The lowest BCUT2D eigenvalue weighted by Crippen LogP contribution is -2.21. The lowest BCUT2D eigenvalue weighted by atomic mass is 9.80. The summed E-state index contributed by atoms with van der Waals surface area (Å²) in [7, 11) is 0. The molecule has 0 saturated heterocycles. The second-order valence-corrected chi connectivity index (χ2v) is 19.1. The van der Waals surface area contributed by atoms with Crippen molar-refractivity contribution in [3.63, 3.8) is 0 Å². The van der Waals surface area contributed by atoms with Gasteiger partial charge in [-0.25, -0.2) is 0 Å². The number of hydrogen-bond acceptors (Lipinski definition) is 2. The number of anilines is 3. The van der Waals surface area contributed by atoms with Crippen LogP contribution in [-0.2, 0) is 10.8 Å². The molecule has 9 aromatic rings. The topological polar surface area (TPSA) is 3.24 Å². The van der Waals surface area contributed by atoms with Crippen molar-refractivity contribution in [2.24, 2.45) is 0 Å². The number of allylic oxidation sites excluding steroid dienone is 5. The van der Waals surface area contributed by atoms with E-state index in [-0.39, 0.29) is 10.8 Å². The number of thiophene rings is 1. The van der Waals surface area contributed by atoms with Gasteiger partial charge < -0.3 is 4.90 Å². The normalized spacial score (nSPS) is 14.9. The smallest absolute Gasteiger partial charge is 0.0561 e. The average Bonchev–Trinajstić information content (AvgIpc) is 3.77. The fourth-order valence-electron chi connectivity index (χ4n) is 10.0. The number of fused-ring (bicyclic) bond motifs is 5. The van der Waals surface area contributed by atoms with Crippen LogP contribution in [0.1, 0.15) is 58.2 Å². The molecule has 1 heterocycles. The fraction of sp³-hybridized carbons (Fsp3) is 0.133. The number of nitrogens with zero attached hydrogens (tertiary/aromatic N) is 1. The molecule has 2 heteroatoms. The van der Waals surface area contributed by atoms with Crippen LogP contribution in [0.5, 0.6) is 0 Å². The van der Waals surface area contributed by atoms with Crippen molar-refractivity contribution in [1.29, 1.82) is 0 Å². The summed E-state index contributed by atoms with van der Waals surface area (Å²) in [5, 5.41) is 5.02. The third kappa shape index (κ3) is 6.44. The molecule has 8 aromatic carbocycles. The molecular formula is C60H51NS. The molecule has 0 radical (unpaired) electrons. The van der Waals surface area contributed by atoms with Crippen molar-refractivity contribution in [2.75, 3.05) is 4.90 Å². The summed E-state index contributed by atoms with van der Waals surface area (Å²) in [5.41, 5.74) is 16.9. The van der Waals surface area contributed by atoms with Crippen LogP contribution >= 0.6 is 11.3 Å². The van der Waals surface area contributed by atoms with Gasteiger partial charge in [-0.2, -0.15) is 0 Å². The van der Waals surface area contributed by atoms with Gasteiger partial charge in [0.05, 0.1) is 17.1 Å². The molecule has 0 spiro atoms. The van der Waals surface area contributed by atoms with Crippen LogP contribution in [-0.4, -0.2) is 0 Å². The molecule has 10 rings (SSSR count). The Labute approximate surface area is 370 Å². The minimum atomic E-state index is -0.308. The maximum atomic E-state index is 4.17. The maximum absolute atomic E-state index is 4.17. The van der Waals surface area contributed by atoms with Crippen LogP contribution in [0.4, 0.5) is 17.1 Å². The second-order valence-electron chi connectivity index (χ2n) is 18.1. The molecule has 0 saturated carbocycles. The molecule has 302 valence electrons. The quantitative estimate of drug-likeness (QED) is 0.155. The molecule has 0 unspecified atom stereocenters. The fourth-order valence-corrected chi connectivity index (χ4v) is 11.2. The molecule has 1 aliphatic carbocycles. The number of para-hydroxylation sites is 1. The van der Waals surface area contributed by atoms with E-state index in [2.05, 4.69) is 235 Å². The van der Waals surface area contributed by atoms with Crippen LogP contribution in [0.25, 0.3) is 69.9 Å². The van der Waals surface area contributed by atoms with E-state index in [0.29, 0.717) is 0 Å². The van der Waals surface area contributed by atoms with E-state index in [4.69, 9.17) is 0 Å². The van der Waals surface area contributed by atoms with Crippen molar-refractivity contribution in [3.05, 3.63) is 217 Å². The molecule has 1 nitrogen and oxygen atoms in total. The molecule has 0 atom stereocenters. The van der Waals surface area contributed by atoms with Crippen LogP contribution in [0.15, 0.2) is 200 Å². The van der Waals surface area contributed by atoms with Gasteiger partial charge in [-0.1, -0.05) is 199 Å². The van der Waals surface area contributed by atoms with E-state index in [9.17, 15) is 0 Å². The Kier molecular flexibility index (Phi) is 9.73. The zero-order valence-corrected chi connectivity index (χ0v) is 37.3. The minimum Gasteiger partial charge on any atom is -0.309 e. The standard InChI is InChI=1S/C60H51NS/c1-8-20-50-44(9-2)48-29-19-31-52(58(48)60(50,6)7)61(51-30-15-13-25-45(51)40-33-35-43(36-34-40)59(3,4)5)53-37-42(38-55-57(53)49-26-14-16-32-54(49)62-55)47-28-18-24-41-23-17-27-46(56(41)47)39-21-11-10-12-22-39/h8-38H,1H2,2-7H3/b44-9-,50-20?. The van der Waals surface area contributed by atoms with E-state index in [1.165, 1.54) is 97.8 Å². The lowest BCUT2D eigenvalue weighted by molar-refractivity contribution is 0.590. The molecule has 0 amide bonds. The Hall–Kier alpha value is -6.74. The van der Waals surface area contributed by atoms with Crippen LogP contribution in [0.3, 0.4) is 0 Å². The van der Waals surface area contributed by atoms with Crippen LogP contribution < -0.4 is 4.90 Å². The van der Waals surface area contributed by atoms with Gasteiger partial charge >= 0.3 is 0 Å². The molecule has 1 aromatic heterocycles. The molecule has 1 aliphatic rings. The highest BCUT2D eigenvalue weighted by atomic mass is 32.1. The molecule has 0 bridgehead atoms. The summed E-state index contributed by atoms with van der Waals surface area (Å²) in [5.74, 6) is 0. The highest BCUT2D eigenvalue weighted by molar-refractivity contribution is 7.26. The van der Waals surface area contributed by atoms with Crippen molar-refractivity contribution >= 4 is 64.9 Å². The highest BCUT2D eigenvalue weighted by Gasteiger charge is 2.41. The van der Waals surface area contributed by atoms with Gasteiger partial charge in [0.2, 0.25) is 0 Å². The van der Waals surface area contributed by atoms with E-state index in [1.54, 1.807) is 0 Å². The van der Waals surface area contributed by atoms with Gasteiger partial charge in [-0.3, -0.25) is 0 Å². The van der Waals surface area contributed by atoms with E-state index in [1.807, 2.05) is 17.4 Å². The SMILES string of the molecule is C=CC=C1/C(=C\C)c2cccc(N(c3ccccc3-c3ccc(C(C)(C)C)cc3)c3cc(-c4cccc5cccc(-c6ccccc6)c45)cc4sc5ccccc5c34)c2C1(C)C. The van der Waals surface area contributed by atoms with Crippen molar-refractivity contribution in [1.82, 2.24) is 0 Å². The Bertz CT molecular complexity index is 3250. The molecule has 0 N–H and O–H groups in total. The molecule has 0 fully saturated rings. The second kappa shape index (κ2) is 15.3. The van der Waals surface area contributed by atoms with Gasteiger partial charge in [0.1, 0.15) is 0 Å². The number of benzene rings is 8. The molecular weight excluding hydrogens is 767 g/mol. The largest absolute Gasteiger partial charge is 0.309 e. The Morgan fingerprint density at radius 1 is 0.548 bits per heavy atom. The van der Waals surface area contributed by atoms with Gasteiger partial charge in [-0.15, -0.1) is 11.3 Å². The molecule has 0 aliphatic heterocycles. The van der Waals surface area contributed by atoms with E-state index < -0.39 is 0 Å². The summed E-state index contributed by atoms with van der Waals surface area (Å²) in [4.78, 5) is 2.60. The first-order valence-electron chi connectivity index (χ1n) is 21.7. The zero-order chi connectivity index (χ0) is 42.8. The summed E-state index contributed by atoms with van der Waals surface area (Å²) in [6.07, 6.45) is 6.43. The van der Waals surface area contributed by atoms with Crippen LogP contribution in [0.2, 0.25) is 0 Å². The maximum Gasteiger partial charge on any atom is 0.0561 e. The zero-order valence-electron chi connectivity index (χ0n) is 36.5. The summed E-state index contributed by atoms with van der Waals surface area (Å²) in [6, 6.07) is 63.3. The van der Waals surface area contributed by atoms with Gasteiger partial charge in [-0.05, 0) is 109 Å². The van der Waals surface area contributed by atoms with Gasteiger partial charge in [0.25, 0.3) is 0 Å². The Morgan fingerprint density at radius 2 is 1.16 bits per heavy atom. The van der Waals surface area contributed by atoms with Crippen molar-refractivity contribution in [2.45, 2.75) is 52.4 Å². The minimum absolute atomic E-state index is 0.0511. The van der Waals surface area contributed by atoms with E-state index in [0.717, 1.165) is 11.4 Å². The summed E-state index contributed by atoms with van der Waals surface area (Å²) >= 11 is 1.88. The van der Waals surface area contributed by atoms with E-state index >= 15 is 0 Å². The van der Waals surface area contributed by atoms with Crippen molar-refractivity contribution < 1.29 is 0 Å². The lowest BCUT2D eigenvalue weighted by Gasteiger charge is -2.34. The third-order valence-electron chi connectivity index (χ3n) is 12.9. The molecule has 62 heavy (non-hydrogen) atoms. The predicted octanol–water partition coefficient (Wildman–Crippen LogP) is 17.8. The highest BCUT2D eigenvalue weighted by Crippen LogP contribution is 2.57. The Morgan fingerprint density at radius 3 is 1.89 bits per heavy atom. The van der Waals surface area contributed by atoms with Gasteiger partial charge in [0.15, 0.2) is 0 Å². The third-order valence-corrected chi connectivity index (χ3v) is 14.1. The van der Waals surface area contributed by atoms with Gasteiger partial charge in [0, 0.05) is 31.2 Å². The summed E-state index contributed by atoms with van der Waals surface area (Å²) in [6.45, 7) is 17.9. The number of hydrogen-bond donors (Lipinski definition) is 0.